The van der Waals surface area contributed by atoms with Gasteiger partial charge in [-0.15, -0.1) is 0 Å². The molecule has 0 heterocycles. The molecule has 0 unspecified atom stereocenters. The van der Waals surface area contributed by atoms with E-state index in [1.807, 2.05) is 0 Å². The van der Waals surface area contributed by atoms with E-state index in [1.165, 1.54) is 12.5 Å². The third-order valence-electron chi connectivity index (χ3n) is 4.51. The van der Waals surface area contributed by atoms with Gasteiger partial charge >= 0.3 is 0 Å². The molecule has 1 N–H and O–H groups in total. The summed E-state index contributed by atoms with van der Waals surface area (Å²) in [6.45, 7) is 1.36. The molecule has 1 fully saturated rings. The van der Waals surface area contributed by atoms with Gasteiger partial charge in [0.2, 0.25) is 10.0 Å². The largest absolute Gasteiger partial charge is 0.339 e. The number of amides is 1. The highest BCUT2D eigenvalue weighted by molar-refractivity contribution is 7.89. The number of aryl methyl sites for hydroxylation is 1. The molecule has 0 radical (unpaired) electrons. The zero-order valence-electron chi connectivity index (χ0n) is 14.1. The summed E-state index contributed by atoms with van der Waals surface area (Å²) >= 11 is 0. The molecule has 1 aliphatic carbocycles. The number of carbonyl (C=O) groups is 1. The van der Waals surface area contributed by atoms with E-state index in [-0.39, 0.29) is 23.4 Å². The minimum atomic E-state index is -3.80. The highest BCUT2D eigenvalue weighted by Gasteiger charge is 2.25. The van der Waals surface area contributed by atoms with Crippen molar-refractivity contribution in [3.63, 3.8) is 0 Å². The standard InChI is InChI=1S/C17H23N3O3S/c1-13-8-9-14(12-16(13)24(22,23)19-11-10-18)17(21)20(2)15-6-4-3-5-7-15/h8-9,12,15,19H,3-7,11H2,1-2H3. The third kappa shape index (κ3) is 4.13. The first-order chi connectivity index (χ1) is 11.4. The predicted molar refractivity (Wildman–Crippen MR) is 90.9 cm³/mol. The van der Waals surface area contributed by atoms with Gasteiger partial charge in [-0.1, -0.05) is 25.3 Å². The summed E-state index contributed by atoms with van der Waals surface area (Å²) in [7, 11) is -2.02. The van der Waals surface area contributed by atoms with Gasteiger partial charge < -0.3 is 4.90 Å². The second-order valence-electron chi connectivity index (χ2n) is 6.17. The summed E-state index contributed by atoms with van der Waals surface area (Å²) < 4.78 is 26.8. The van der Waals surface area contributed by atoms with Gasteiger partial charge in [0, 0.05) is 18.7 Å². The van der Waals surface area contributed by atoms with E-state index < -0.39 is 10.0 Å². The Morgan fingerprint density at radius 2 is 2.00 bits per heavy atom. The molecule has 0 aliphatic heterocycles. The van der Waals surface area contributed by atoms with Crippen LogP contribution in [0.5, 0.6) is 0 Å². The second-order valence-corrected chi connectivity index (χ2v) is 7.91. The molecule has 1 aromatic carbocycles. The maximum Gasteiger partial charge on any atom is 0.253 e. The van der Waals surface area contributed by atoms with Crippen LogP contribution < -0.4 is 4.72 Å². The van der Waals surface area contributed by atoms with Gasteiger partial charge in [0.15, 0.2) is 0 Å². The molecular weight excluding hydrogens is 326 g/mol. The number of hydrogen-bond acceptors (Lipinski definition) is 4. The summed E-state index contributed by atoms with van der Waals surface area (Å²) in [5, 5.41) is 8.57. The fourth-order valence-corrected chi connectivity index (χ4v) is 4.25. The predicted octanol–water partition coefficient (Wildman–Crippen LogP) is 2.20. The number of nitrogens with zero attached hydrogens (tertiary/aromatic N) is 2. The fourth-order valence-electron chi connectivity index (χ4n) is 3.07. The van der Waals surface area contributed by atoms with Crippen LogP contribution in [0.25, 0.3) is 0 Å². The van der Waals surface area contributed by atoms with E-state index in [4.69, 9.17) is 5.26 Å². The highest BCUT2D eigenvalue weighted by Crippen LogP contribution is 2.24. The molecule has 1 amide bonds. The van der Waals surface area contributed by atoms with Crippen molar-refractivity contribution in [3.05, 3.63) is 29.3 Å². The molecule has 0 bridgehead atoms. The van der Waals surface area contributed by atoms with E-state index >= 15 is 0 Å². The summed E-state index contributed by atoms with van der Waals surface area (Å²) in [6.07, 6.45) is 5.42. The van der Waals surface area contributed by atoms with Gasteiger partial charge in [-0.3, -0.25) is 4.79 Å². The first-order valence-electron chi connectivity index (χ1n) is 8.11. The molecule has 6 nitrogen and oxygen atoms in total. The smallest absolute Gasteiger partial charge is 0.253 e. The molecule has 7 heteroatoms. The SMILES string of the molecule is Cc1ccc(C(=O)N(C)C2CCCCC2)cc1S(=O)(=O)NCC#N. The van der Waals surface area contributed by atoms with E-state index in [0.717, 1.165) is 25.7 Å². The van der Waals surface area contributed by atoms with Crippen LogP contribution >= 0.6 is 0 Å². The number of nitriles is 1. The minimum Gasteiger partial charge on any atom is -0.339 e. The van der Waals surface area contributed by atoms with Gasteiger partial charge in [-0.05, 0) is 37.5 Å². The topological polar surface area (TPSA) is 90.3 Å². The van der Waals surface area contributed by atoms with Crippen LogP contribution in [-0.2, 0) is 10.0 Å². The molecule has 24 heavy (non-hydrogen) atoms. The normalized spacial score (nSPS) is 15.7. The minimum absolute atomic E-state index is 0.0423. The maximum absolute atomic E-state index is 12.7. The van der Waals surface area contributed by atoms with E-state index in [2.05, 4.69) is 4.72 Å². The molecule has 1 aromatic rings. The van der Waals surface area contributed by atoms with E-state index in [9.17, 15) is 13.2 Å². The maximum atomic E-state index is 12.7. The lowest BCUT2D eigenvalue weighted by molar-refractivity contribution is 0.0696. The molecule has 2 rings (SSSR count). The molecule has 0 spiro atoms. The summed E-state index contributed by atoms with van der Waals surface area (Å²) in [5.41, 5.74) is 0.892. The molecule has 130 valence electrons. The summed E-state index contributed by atoms with van der Waals surface area (Å²) in [5.74, 6) is -0.168. The lowest BCUT2D eigenvalue weighted by Gasteiger charge is -2.31. The van der Waals surface area contributed by atoms with Crippen LogP contribution in [0.1, 0.15) is 48.0 Å². The molecule has 0 atom stereocenters. The van der Waals surface area contributed by atoms with Crippen molar-refractivity contribution in [1.82, 2.24) is 9.62 Å². The average Bonchev–Trinajstić information content (AvgIpc) is 2.59. The first-order valence-corrected chi connectivity index (χ1v) is 9.59. The van der Waals surface area contributed by atoms with E-state index in [0.29, 0.717) is 11.1 Å². The van der Waals surface area contributed by atoms with Crippen molar-refractivity contribution in [2.24, 2.45) is 0 Å². The summed E-state index contributed by atoms with van der Waals surface area (Å²) in [6, 6.07) is 6.64. The Balaban J connectivity index is 2.27. The van der Waals surface area contributed by atoms with Crippen LogP contribution in [0.4, 0.5) is 0 Å². The van der Waals surface area contributed by atoms with Gasteiger partial charge in [0.1, 0.15) is 0 Å². The Hall–Kier alpha value is -1.91. The van der Waals surface area contributed by atoms with Gasteiger partial charge in [0.25, 0.3) is 5.91 Å². The number of benzene rings is 1. The number of sulfonamides is 1. The number of nitrogens with one attached hydrogen (secondary N) is 1. The lowest BCUT2D eigenvalue weighted by Crippen LogP contribution is -2.38. The van der Waals surface area contributed by atoms with Crippen LogP contribution in [0.2, 0.25) is 0 Å². The highest BCUT2D eigenvalue weighted by atomic mass is 32.2. The van der Waals surface area contributed by atoms with Crippen molar-refractivity contribution in [3.8, 4) is 6.07 Å². The number of hydrogen-bond donors (Lipinski definition) is 1. The Morgan fingerprint density at radius 3 is 2.62 bits per heavy atom. The van der Waals surface area contributed by atoms with Crippen molar-refractivity contribution in [1.29, 1.82) is 5.26 Å². The van der Waals surface area contributed by atoms with Crippen molar-refractivity contribution >= 4 is 15.9 Å². The van der Waals surface area contributed by atoms with Gasteiger partial charge in [-0.25, -0.2) is 8.42 Å². The molecule has 0 aromatic heterocycles. The summed E-state index contributed by atoms with van der Waals surface area (Å²) in [4.78, 5) is 14.5. The zero-order chi connectivity index (χ0) is 17.7. The third-order valence-corrected chi connectivity index (χ3v) is 6.05. The molecule has 1 saturated carbocycles. The van der Waals surface area contributed by atoms with Gasteiger partial charge in [-0.2, -0.15) is 9.98 Å². The quantitative estimate of drug-likeness (QED) is 0.825. The molecule has 1 aliphatic rings. The number of rotatable bonds is 5. The van der Waals surface area contributed by atoms with Crippen LogP contribution in [0, 0.1) is 18.3 Å². The van der Waals surface area contributed by atoms with Crippen LogP contribution in [-0.4, -0.2) is 38.9 Å². The van der Waals surface area contributed by atoms with Crippen molar-refractivity contribution in [2.45, 2.75) is 50.0 Å². The Labute approximate surface area is 143 Å². The van der Waals surface area contributed by atoms with Crippen LogP contribution in [0.15, 0.2) is 23.1 Å². The Kier molecular flexibility index (Phi) is 5.97. The lowest BCUT2D eigenvalue weighted by atomic mass is 9.94. The Morgan fingerprint density at radius 1 is 1.33 bits per heavy atom. The monoisotopic (exact) mass is 349 g/mol. The van der Waals surface area contributed by atoms with Crippen molar-refractivity contribution < 1.29 is 13.2 Å². The zero-order valence-corrected chi connectivity index (χ0v) is 14.9. The first kappa shape index (κ1) is 18.4. The van der Waals surface area contributed by atoms with Crippen molar-refractivity contribution in [2.75, 3.05) is 13.6 Å². The average molecular weight is 349 g/mol. The number of carbonyl (C=O) groups excluding carboxylic acids is 1. The fraction of sp³-hybridized carbons (Fsp3) is 0.529. The van der Waals surface area contributed by atoms with Gasteiger partial charge in [0.05, 0.1) is 17.5 Å². The second kappa shape index (κ2) is 7.77. The van der Waals surface area contributed by atoms with Crippen LogP contribution in [0.3, 0.4) is 0 Å². The molecular formula is C17H23N3O3S. The van der Waals surface area contributed by atoms with E-state index in [1.54, 1.807) is 37.1 Å². The molecule has 0 saturated heterocycles. The Bertz CT molecular complexity index is 747.